The van der Waals surface area contributed by atoms with Crippen molar-refractivity contribution in [2.75, 3.05) is 44.5 Å². The molecule has 1 heterocycles. The zero-order valence-electron chi connectivity index (χ0n) is 10.8. The molecular formula is C13H19FN2O2. The standard InChI is InChI=1S/C13H19FN2O2/c1-17-8-9-3-4-16(7-9)12-6-13(18-2)10(14)5-11(12)15/h5-6,9H,3-4,7-8,15H2,1-2H3. The second kappa shape index (κ2) is 5.44. The van der Waals surface area contributed by atoms with Crippen LogP contribution in [-0.2, 0) is 4.74 Å². The van der Waals surface area contributed by atoms with E-state index in [4.69, 9.17) is 15.2 Å². The molecule has 0 aromatic heterocycles. The summed E-state index contributed by atoms with van der Waals surface area (Å²) < 4.78 is 23.6. The molecule has 1 aliphatic rings. The van der Waals surface area contributed by atoms with Gasteiger partial charge in [-0.25, -0.2) is 4.39 Å². The minimum absolute atomic E-state index is 0.231. The third-order valence-electron chi connectivity index (χ3n) is 3.33. The zero-order valence-corrected chi connectivity index (χ0v) is 10.8. The summed E-state index contributed by atoms with van der Waals surface area (Å²) in [5.74, 6) is 0.311. The molecule has 1 saturated heterocycles. The summed E-state index contributed by atoms with van der Waals surface area (Å²) in [4.78, 5) is 2.15. The number of nitrogens with two attached hydrogens (primary N) is 1. The monoisotopic (exact) mass is 254 g/mol. The van der Waals surface area contributed by atoms with E-state index >= 15 is 0 Å². The van der Waals surface area contributed by atoms with Crippen LogP contribution in [0, 0.1) is 11.7 Å². The Hall–Kier alpha value is -1.49. The van der Waals surface area contributed by atoms with E-state index in [1.165, 1.54) is 13.2 Å². The lowest BCUT2D eigenvalue weighted by Gasteiger charge is -2.21. The first-order chi connectivity index (χ1) is 8.65. The highest BCUT2D eigenvalue weighted by molar-refractivity contribution is 5.70. The number of nitrogens with zero attached hydrogens (tertiary/aromatic N) is 1. The van der Waals surface area contributed by atoms with E-state index in [-0.39, 0.29) is 5.75 Å². The lowest BCUT2D eigenvalue weighted by atomic mass is 10.1. The second-order valence-corrected chi connectivity index (χ2v) is 4.60. The summed E-state index contributed by atoms with van der Waals surface area (Å²) in [6.07, 6.45) is 1.06. The Bertz CT molecular complexity index is 426. The van der Waals surface area contributed by atoms with Crippen LogP contribution in [-0.4, -0.2) is 33.9 Å². The number of hydrogen-bond acceptors (Lipinski definition) is 4. The number of benzene rings is 1. The summed E-state index contributed by atoms with van der Waals surface area (Å²) >= 11 is 0. The van der Waals surface area contributed by atoms with E-state index in [0.717, 1.165) is 31.8 Å². The van der Waals surface area contributed by atoms with Crippen molar-refractivity contribution in [3.05, 3.63) is 17.9 Å². The molecule has 0 bridgehead atoms. The molecule has 0 radical (unpaired) electrons. The maximum absolute atomic E-state index is 13.5. The molecular weight excluding hydrogens is 235 g/mol. The van der Waals surface area contributed by atoms with E-state index in [1.807, 2.05) is 0 Å². The van der Waals surface area contributed by atoms with Gasteiger partial charge >= 0.3 is 0 Å². The fourth-order valence-electron chi connectivity index (χ4n) is 2.41. The molecule has 1 unspecified atom stereocenters. The van der Waals surface area contributed by atoms with Crippen LogP contribution in [0.15, 0.2) is 12.1 Å². The van der Waals surface area contributed by atoms with Gasteiger partial charge < -0.3 is 20.1 Å². The van der Waals surface area contributed by atoms with Gasteiger partial charge in [-0.1, -0.05) is 0 Å². The maximum Gasteiger partial charge on any atom is 0.167 e. The summed E-state index contributed by atoms with van der Waals surface area (Å²) in [5.41, 5.74) is 7.17. The van der Waals surface area contributed by atoms with Crippen LogP contribution < -0.4 is 15.4 Å². The van der Waals surface area contributed by atoms with Crippen LogP contribution in [0.5, 0.6) is 5.75 Å². The van der Waals surface area contributed by atoms with Crippen LogP contribution in [0.25, 0.3) is 0 Å². The fraction of sp³-hybridized carbons (Fsp3) is 0.538. The molecule has 1 aromatic rings. The van der Waals surface area contributed by atoms with Gasteiger partial charge in [0.1, 0.15) is 0 Å². The number of nitrogen functional groups attached to an aromatic ring is 1. The predicted molar refractivity (Wildman–Crippen MR) is 69.6 cm³/mol. The molecule has 0 aliphatic carbocycles. The number of ether oxygens (including phenoxy) is 2. The number of rotatable bonds is 4. The fourth-order valence-corrected chi connectivity index (χ4v) is 2.41. The molecule has 1 fully saturated rings. The Labute approximate surface area is 106 Å². The van der Waals surface area contributed by atoms with Gasteiger partial charge in [0.05, 0.1) is 25.1 Å². The lowest BCUT2D eigenvalue weighted by molar-refractivity contribution is 0.161. The van der Waals surface area contributed by atoms with Crippen LogP contribution in [0.4, 0.5) is 15.8 Å². The van der Waals surface area contributed by atoms with Crippen molar-refractivity contribution in [1.29, 1.82) is 0 Å². The highest BCUT2D eigenvalue weighted by Gasteiger charge is 2.24. The van der Waals surface area contributed by atoms with Gasteiger partial charge in [-0.2, -0.15) is 0 Å². The molecule has 0 amide bonds. The smallest absolute Gasteiger partial charge is 0.167 e. The van der Waals surface area contributed by atoms with E-state index < -0.39 is 5.82 Å². The first-order valence-corrected chi connectivity index (χ1v) is 6.02. The summed E-state index contributed by atoms with van der Waals surface area (Å²) in [5, 5.41) is 0. The third-order valence-corrected chi connectivity index (χ3v) is 3.33. The number of halogens is 1. The number of anilines is 2. The molecule has 1 aliphatic heterocycles. The average molecular weight is 254 g/mol. The Morgan fingerprint density at radius 2 is 2.22 bits per heavy atom. The molecule has 100 valence electrons. The quantitative estimate of drug-likeness (QED) is 0.834. The predicted octanol–water partition coefficient (Wildman–Crippen LogP) is 1.89. The molecule has 4 nitrogen and oxygen atoms in total. The van der Waals surface area contributed by atoms with E-state index in [2.05, 4.69) is 4.90 Å². The second-order valence-electron chi connectivity index (χ2n) is 4.60. The van der Waals surface area contributed by atoms with Gasteiger partial charge in [-0.15, -0.1) is 0 Å². The average Bonchev–Trinajstić information content (AvgIpc) is 2.78. The van der Waals surface area contributed by atoms with E-state index in [1.54, 1.807) is 13.2 Å². The summed E-state index contributed by atoms with van der Waals surface area (Å²) in [7, 11) is 3.16. The van der Waals surface area contributed by atoms with E-state index in [0.29, 0.717) is 11.6 Å². The molecule has 1 atom stereocenters. The van der Waals surface area contributed by atoms with Crippen molar-refractivity contribution in [2.24, 2.45) is 5.92 Å². The number of hydrogen-bond donors (Lipinski definition) is 1. The van der Waals surface area contributed by atoms with Crippen molar-refractivity contribution in [3.63, 3.8) is 0 Å². The van der Waals surface area contributed by atoms with E-state index in [9.17, 15) is 4.39 Å². The zero-order chi connectivity index (χ0) is 13.1. The molecule has 2 N–H and O–H groups in total. The van der Waals surface area contributed by atoms with Gasteiger partial charge in [0.2, 0.25) is 0 Å². The van der Waals surface area contributed by atoms with Crippen LogP contribution >= 0.6 is 0 Å². The van der Waals surface area contributed by atoms with Gasteiger partial charge in [0.15, 0.2) is 11.6 Å². The Morgan fingerprint density at radius 1 is 1.44 bits per heavy atom. The first-order valence-electron chi connectivity index (χ1n) is 6.02. The SMILES string of the molecule is COCC1CCN(c2cc(OC)c(F)cc2N)C1. The normalized spacial score (nSPS) is 19.3. The van der Waals surface area contributed by atoms with Crippen molar-refractivity contribution >= 4 is 11.4 Å². The van der Waals surface area contributed by atoms with Crippen LogP contribution in [0.1, 0.15) is 6.42 Å². The van der Waals surface area contributed by atoms with Crippen LogP contribution in [0.2, 0.25) is 0 Å². The minimum atomic E-state index is -0.425. The number of methoxy groups -OCH3 is 2. The summed E-state index contributed by atoms with van der Waals surface area (Å²) in [6, 6.07) is 2.98. The largest absolute Gasteiger partial charge is 0.494 e. The van der Waals surface area contributed by atoms with Crippen molar-refractivity contribution < 1.29 is 13.9 Å². The lowest BCUT2D eigenvalue weighted by Crippen LogP contribution is -2.22. The maximum atomic E-state index is 13.5. The van der Waals surface area contributed by atoms with Gasteiger partial charge in [0, 0.05) is 38.2 Å². The molecule has 1 aromatic carbocycles. The van der Waals surface area contributed by atoms with Gasteiger partial charge in [0.25, 0.3) is 0 Å². The third kappa shape index (κ3) is 2.51. The molecule has 0 spiro atoms. The Kier molecular flexibility index (Phi) is 3.91. The molecule has 2 rings (SSSR count). The van der Waals surface area contributed by atoms with Crippen molar-refractivity contribution in [3.8, 4) is 5.75 Å². The highest BCUT2D eigenvalue weighted by Crippen LogP contribution is 2.34. The Morgan fingerprint density at radius 3 is 2.89 bits per heavy atom. The topological polar surface area (TPSA) is 47.7 Å². The van der Waals surface area contributed by atoms with Crippen LogP contribution in [0.3, 0.4) is 0 Å². The highest BCUT2D eigenvalue weighted by atomic mass is 19.1. The minimum Gasteiger partial charge on any atom is -0.494 e. The molecule has 0 saturated carbocycles. The van der Waals surface area contributed by atoms with Gasteiger partial charge in [-0.05, 0) is 6.42 Å². The van der Waals surface area contributed by atoms with Crippen molar-refractivity contribution in [2.45, 2.75) is 6.42 Å². The molecule has 18 heavy (non-hydrogen) atoms. The first kappa shape index (κ1) is 13.0. The van der Waals surface area contributed by atoms with Crippen molar-refractivity contribution in [1.82, 2.24) is 0 Å². The Balaban J connectivity index is 2.18. The molecule has 5 heteroatoms. The van der Waals surface area contributed by atoms with Gasteiger partial charge in [-0.3, -0.25) is 0 Å². The summed E-state index contributed by atoms with van der Waals surface area (Å²) in [6.45, 7) is 2.54.